The Morgan fingerprint density at radius 3 is 3.00 bits per heavy atom. The first-order valence-electron chi connectivity index (χ1n) is 8.81. The number of aromatic nitrogens is 3. The molecule has 3 aromatic heterocycles. The second-order valence-corrected chi connectivity index (χ2v) is 9.05. The Bertz CT molecular complexity index is 1050. The second kappa shape index (κ2) is 7.16. The molecule has 1 fully saturated rings. The van der Waals surface area contributed by atoms with Gasteiger partial charge in [-0.2, -0.15) is 5.10 Å². The van der Waals surface area contributed by atoms with Gasteiger partial charge in [-0.3, -0.25) is 4.79 Å². The van der Waals surface area contributed by atoms with Gasteiger partial charge in [-0.15, -0.1) is 11.3 Å². The van der Waals surface area contributed by atoms with E-state index in [1.165, 1.54) is 11.3 Å². The van der Waals surface area contributed by atoms with Gasteiger partial charge in [-0.05, 0) is 47.8 Å². The Hall–Kier alpha value is -1.91. The van der Waals surface area contributed by atoms with Crippen molar-refractivity contribution < 1.29 is 13.6 Å². The van der Waals surface area contributed by atoms with Crippen molar-refractivity contribution in [3.05, 3.63) is 38.9 Å². The zero-order valence-corrected chi connectivity index (χ0v) is 17.4. The number of hydrogen-bond donors (Lipinski definition) is 2. The van der Waals surface area contributed by atoms with E-state index < -0.39 is 23.9 Å². The van der Waals surface area contributed by atoms with Crippen LogP contribution in [-0.4, -0.2) is 38.5 Å². The molecule has 1 aliphatic rings. The van der Waals surface area contributed by atoms with Crippen LogP contribution in [0, 0.1) is 6.92 Å². The van der Waals surface area contributed by atoms with E-state index in [1.54, 1.807) is 10.7 Å². The van der Waals surface area contributed by atoms with Gasteiger partial charge in [0.2, 0.25) is 0 Å². The topological polar surface area (TPSA) is 85.3 Å². The Labute approximate surface area is 172 Å². The normalized spacial score (nSPS) is 21.8. The van der Waals surface area contributed by atoms with Crippen LogP contribution in [0.1, 0.15) is 33.9 Å². The van der Waals surface area contributed by atoms with Crippen LogP contribution in [0.25, 0.3) is 16.8 Å². The van der Waals surface area contributed by atoms with Gasteiger partial charge in [0.1, 0.15) is 6.04 Å². The summed E-state index contributed by atoms with van der Waals surface area (Å²) in [5.41, 5.74) is 8.07. The molecule has 0 radical (unpaired) electrons. The summed E-state index contributed by atoms with van der Waals surface area (Å²) in [5.74, 6) is -3.64. The molecule has 6 nitrogen and oxygen atoms in total. The molecular formula is C18H18BrF2N5OS. The molecule has 2 atom stereocenters. The highest BCUT2D eigenvalue weighted by Crippen LogP contribution is 2.34. The summed E-state index contributed by atoms with van der Waals surface area (Å²) in [5, 5.41) is 6.86. The molecular weight excluding hydrogens is 452 g/mol. The van der Waals surface area contributed by atoms with E-state index in [4.69, 9.17) is 5.73 Å². The Kier molecular flexibility index (Phi) is 4.96. The van der Waals surface area contributed by atoms with E-state index in [1.807, 2.05) is 25.3 Å². The number of rotatable bonds is 3. The quantitative estimate of drug-likeness (QED) is 0.611. The number of carbonyl (C=O) groups is 1. The van der Waals surface area contributed by atoms with Crippen LogP contribution in [0.15, 0.2) is 29.0 Å². The lowest BCUT2D eigenvalue weighted by molar-refractivity contribution is -0.0674. The molecule has 10 heteroatoms. The van der Waals surface area contributed by atoms with Crippen molar-refractivity contribution >= 4 is 38.7 Å². The van der Waals surface area contributed by atoms with Gasteiger partial charge in [0.25, 0.3) is 11.8 Å². The largest absolute Gasteiger partial charge is 0.340 e. The Balaban J connectivity index is 1.63. The van der Waals surface area contributed by atoms with Crippen molar-refractivity contribution in [1.29, 1.82) is 0 Å². The minimum absolute atomic E-state index is 0.137. The molecule has 3 aromatic rings. The monoisotopic (exact) mass is 469 g/mol. The molecule has 3 N–H and O–H groups in total. The predicted molar refractivity (Wildman–Crippen MR) is 107 cm³/mol. The number of carbonyl (C=O) groups excluding carboxylic acids is 1. The molecule has 1 aliphatic carbocycles. The van der Waals surface area contributed by atoms with Gasteiger partial charge in [-0.25, -0.2) is 18.3 Å². The van der Waals surface area contributed by atoms with E-state index in [9.17, 15) is 13.6 Å². The van der Waals surface area contributed by atoms with Crippen LogP contribution in [-0.2, 0) is 0 Å². The van der Waals surface area contributed by atoms with Crippen LogP contribution >= 0.6 is 27.3 Å². The number of hydrogen-bond acceptors (Lipinski definition) is 5. The number of halogens is 3. The number of aryl methyl sites for hydroxylation is 1. The Morgan fingerprint density at radius 2 is 2.25 bits per heavy atom. The van der Waals surface area contributed by atoms with Gasteiger partial charge >= 0.3 is 0 Å². The van der Waals surface area contributed by atoms with E-state index in [0.717, 1.165) is 20.4 Å². The molecule has 1 amide bonds. The molecule has 0 aromatic carbocycles. The highest BCUT2D eigenvalue weighted by molar-refractivity contribution is 9.10. The smallest absolute Gasteiger partial charge is 0.280 e. The number of nitrogens with two attached hydrogens (primary N) is 1. The van der Waals surface area contributed by atoms with Crippen LogP contribution in [0.3, 0.4) is 0 Å². The van der Waals surface area contributed by atoms with Crippen molar-refractivity contribution in [2.24, 2.45) is 5.73 Å². The van der Waals surface area contributed by atoms with Crippen LogP contribution in [0.5, 0.6) is 0 Å². The molecule has 0 aliphatic heterocycles. The van der Waals surface area contributed by atoms with Crippen molar-refractivity contribution in [2.45, 2.75) is 44.2 Å². The highest BCUT2D eigenvalue weighted by atomic mass is 79.9. The van der Waals surface area contributed by atoms with Crippen LogP contribution in [0.2, 0.25) is 0 Å². The first-order chi connectivity index (χ1) is 13.3. The first kappa shape index (κ1) is 19.4. The maximum atomic E-state index is 14.2. The standard InChI is InChI=1S/C18H18BrF2N5OS/c1-9-14(11-7-23-26-8-10(19)4-5-13(11)26)24-17(28-9)16(27)25-15-12(22)3-2-6-18(15,20)21/h4-5,7-8,12,15H,2-3,6,22H2,1H3,(H,25,27). The van der Waals surface area contributed by atoms with Crippen molar-refractivity contribution in [3.8, 4) is 11.3 Å². The number of nitrogens with one attached hydrogen (secondary N) is 1. The van der Waals surface area contributed by atoms with E-state index in [2.05, 4.69) is 31.3 Å². The van der Waals surface area contributed by atoms with Gasteiger partial charge in [0, 0.05) is 33.6 Å². The van der Waals surface area contributed by atoms with Gasteiger partial charge in [-0.1, -0.05) is 0 Å². The molecule has 4 rings (SSSR count). The summed E-state index contributed by atoms with van der Waals surface area (Å²) in [6.45, 7) is 1.84. The number of fused-ring (bicyclic) bond motifs is 1. The average molecular weight is 470 g/mol. The molecule has 148 valence electrons. The van der Waals surface area contributed by atoms with Crippen molar-refractivity contribution in [2.75, 3.05) is 0 Å². The van der Waals surface area contributed by atoms with Crippen molar-refractivity contribution in [1.82, 2.24) is 19.9 Å². The summed E-state index contributed by atoms with van der Waals surface area (Å²) in [7, 11) is 0. The minimum Gasteiger partial charge on any atom is -0.340 e. The van der Waals surface area contributed by atoms with E-state index in [-0.39, 0.29) is 11.4 Å². The number of alkyl halides is 2. The summed E-state index contributed by atoms with van der Waals surface area (Å²) in [6, 6.07) is 1.64. The third kappa shape index (κ3) is 3.44. The summed E-state index contributed by atoms with van der Waals surface area (Å²) < 4.78 is 31.0. The lowest BCUT2D eigenvalue weighted by Crippen LogP contribution is -2.59. The number of thiazole rings is 1. The molecule has 0 bridgehead atoms. The van der Waals surface area contributed by atoms with Gasteiger partial charge < -0.3 is 11.1 Å². The third-order valence-electron chi connectivity index (χ3n) is 4.94. The fraction of sp³-hybridized carbons (Fsp3) is 0.389. The average Bonchev–Trinajstić information content (AvgIpc) is 3.20. The van der Waals surface area contributed by atoms with Crippen molar-refractivity contribution in [3.63, 3.8) is 0 Å². The Morgan fingerprint density at radius 1 is 1.46 bits per heavy atom. The molecule has 2 unspecified atom stereocenters. The number of pyridine rings is 1. The molecule has 1 saturated carbocycles. The maximum Gasteiger partial charge on any atom is 0.280 e. The lowest BCUT2D eigenvalue weighted by atomic mass is 9.87. The van der Waals surface area contributed by atoms with Gasteiger partial charge in [0.05, 0.1) is 17.4 Å². The minimum atomic E-state index is -3.02. The number of amides is 1. The summed E-state index contributed by atoms with van der Waals surface area (Å²) >= 11 is 4.57. The first-order valence-corrected chi connectivity index (χ1v) is 10.4. The second-order valence-electron chi connectivity index (χ2n) is 6.93. The molecule has 0 saturated heterocycles. The fourth-order valence-corrected chi connectivity index (χ4v) is 4.67. The molecule has 28 heavy (non-hydrogen) atoms. The number of nitrogens with zero attached hydrogens (tertiary/aromatic N) is 3. The van der Waals surface area contributed by atoms with Gasteiger partial charge in [0.15, 0.2) is 5.01 Å². The summed E-state index contributed by atoms with van der Waals surface area (Å²) in [4.78, 5) is 17.8. The van der Waals surface area contributed by atoms with Crippen LogP contribution < -0.4 is 11.1 Å². The maximum absolute atomic E-state index is 14.2. The van der Waals surface area contributed by atoms with E-state index in [0.29, 0.717) is 18.5 Å². The van der Waals surface area contributed by atoms with Crippen LogP contribution in [0.4, 0.5) is 8.78 Å². The molecule has 3 heterocycles. The lowest BCUT2D eigenvalue weighted by Gasteiger charge is -2.36. The molecule has 0 spiro atoms. The summed E-state index contributed by atoms with van der Waals surface area (Å²) in [6.07, 6.45) is 4.04. The predicted octanol–water partition coefficient (Wildman–Crippen LogP) is 3.77. The zero-order chi connectivity index (χ0) is 20.1. The van der Waals surface area contributed by atoms with E-state index >= 15 is 0 Å². The fourth-order valence-electron chi connectivity index (χ4n) is 3.51. The highest BCUT2D eigenvalue weighted by Gasteiger charge is 2.46. The SMILES string of the molecule is Cc1sc(C(=O)NC2C(N)CCCC2(F)F)nc1-c1cnn2cc(Br)ccc12. The third-order valence-corrected chi connectivity index (χ3v) is 6.38. The zero-order valence-electron chi connectivity index (χ0n) is 15.0.